The monoisotopic (exact) mass is 422 g/mol. The molecule has 1 aliphatic heterocycles. The van der Waals surface area contributed by atoms with Gasteiger partial charge in [-0.2, -0.15) is 9.78 Å². The molecule has 1 aliphatic rings. The molecule has 158 valence electrons. The highest BCUT2D eigenvalue weighted by atomic mass is 16.6. The molecule has 4 rings (SSSR count). The van der Waals surface area contributed by atoms with Crippen LogP contribution in [0.4, 0.5) is 10.5 Å². The molecule has 31 heavy (non-hydrogen) atoms. The minimum Gasteiger partial charge on any atom is -0.442 e. The number of nitrogens with zero attached hydrogens (tertiary/aromatic N) is 4. The maximum atomic E-state index is 12.7. The predicted octanol–water partition coefficient (Wildman–Crippen LogP) is 3.52. The van der Waals surface area contributed by atoms with E-state index < -0.39 is 28.4 Å². The summed E-state index contributed by atoms with van der Waals surface area (Å²) >= 11 is 0. The van der Waals surface area contributed by atoms with E-state index in [1.54, 1.807) is 45.0 Å². The summed E-state index contributed by atoms with van der Waals surface area (Å²) < 4.78 is 6.24. The number of carbonyl (C=O) groups is 3. The van der Waals surface area contributed by atoms with Gasteiger partial charge in [-0.1, -0.05) is 12.1 Å². The van der Waals surface area contributed by atoms with E-state index in [9.17, 15) is 24.5 Å². The molecule has 10 heteroatoms. The van der Waals surface area contributed by atoms with Crippen molar-refractivity contribution in [2.24, 2.45) is 0 Å². The van der Waals surface area contributed by atoms with Crippen molar-refractivity contribution in [2.45, 2.75) is 32.9 Å². The Labute approximate surface area is 176 Å². The largest absolute Gasteiger partial charge is 0.442 e. The molecular formula is C21H18N4O6. The van der Waals surface area contributed by atoms with Crippen LogP contribution in [0.2, 0.25) is 0 Å². The Morgan fingerprint density at radius 3 is 2.29 bits per heavy atom. The van der Waals surface area contributed by atoms with Gasteiger partial charge < -0.3 is 4.74 Å². The van der Waals surface area contributed by atoms with Crippen molar-refractivity contribution in [3.63, 3.8) is 0 Å². The number of rotatable bonds is 3. The van der Waals surface area contributed by atoms with Crippen LogP contribution in [0.1, 0.15) is 47.1 Å². The summed E-state index contributed by atoms with van der Waals surface area (Å²) in [6.45, 7) is 4.86. The van der Waals surface area contributed by atoms with Crippen molar-refractivity contribution in [3.05, 3.63) is 69.4 Å². The summed E-state index contributed by atoms with van der Waals surface area (Å²) in [6, 6.07) is 8.90. The van der Waals surface area contributed by atoms with Gasteiger partial charge in [-0.05, 0) is 38.5 Å². The van der Waals surface area contributed by atoms with E-state index in [0.717, 1.165) is 9.58 Å². The third-order valence-electron chi connectivity index (χ3n) is 4.74. The lowest BCUT2D eigenvalue weighted by Gasteiger charge is -2.19. The van der Waals surface area contributed by atoms with Gasteiger partial charge in [0.25, 0.3) is 17.5 Å². The molecule has 0 N–H and O–H groups in total. The Balaban J connectivity index is 1.78. The molecule has 0 aliphatic carbocycles. The minimum atomic E-state index is -0.797. The number of fused-ring (bicyclic) bond motifs is 2. The number of imide groups is 1. The van der Waals surface area contributed by atoms with Gasteiger partial charge in [0.1, 0.15) is 5.60 Å². The van der Waals surface area contributed by atoms with Crippen LogP contribution in [-0.4, -0.2) is 43.1 Å². The first-order valence-corrected chi connectivity index (χ1v) is 9.40. The number of carbonyl (C=O) groups excluding carboxylic acids is 3. The fourth-order valence-electron chi connectivity index (χ4n) is 3.42. The topological polar surface area (TPSA) is 125 Å². The highest BCUT2D eigenvalue weighted by Crippen LogP contribution is 2.30. The Hall–Kier alpha value is -4.08. The van der Waals surface area contributed by atoms with E-state index in [1.807, 2.05) is 0 Å². The molecule has 0 saturated carbocycles. The molecule has 1 aromatic heterocycles. The van der Waals surface area contributed by atoms with Crippen molar-refractivity contribution >= 4 is 34.5 Å². The predicted molar refractivity (Wildman–Crippen MR) is 109 cm³/mol. The zero-order chi connectivity index (χ0) is 22.5. The van der Waals surface area contributed by atoms with Crippen molar-refractivity contribution in [1.29, 1.82) is 0 Å². The fourth-order valence-corrected chi connectivity index (χ4v) is 3.42. The number of hydrogen-bond donors (Lipinski definition) is 0. The first kappa shape index (κ1) is 20.2. The van der Waals surface area contributed by atoms with Gasteiger partial charge in [0.2, 0.25) is 0 Å². The van der Waals surface area contributed by atoms with Crippen LogP contribution in [0, 0.1) is 10.1 Å². The Bertz CT molecular complexity index is 1240. The fraction of sp³-hybridized carbons (Fsp3) is 0.238. The van der Waals surface area contributed by atoms with Crippen molar-refractivity contribution in [1.82, 2.24) is 14.7 Å². The number of hydrogen-bond acceptors (Lipinski definition) is 7. The molecule has 3 aromatic rings. The number of ether oxygens (including phenoxy) is 1. The molecule has 0 unspecified atom stereocenters. The molecule has 10 nitrogen and oxygen atoms in total. The second-order valence-corrected chi connectivity index (χ2v) is 8.07. The molecular weight excluding hydrogens is 404 g/mol. The maximum absolute atomic E-state index is 12.7. The Morgan fingerprint density at radius 1 is 1.13 bits per heavy atom. The SMILES string of the molecule is CC(C)(C)OC(=O)n1ncc2c(CN3C(=O)c4ccccc4C3=O)cc([N+](=O)[O-])cc21. The average Bonchev–Trinajstić information content (AvgIpc) is 3.22. The van der Waals surface area contributed by atoms with Gasteiger partial charge in [0.15, 0.2) is 0 Å². The maximum Gasteiger partial charge on any atom is 0.435 e. The van der Waals surface area contributed by atoms with Crippen LogP contribution in [0.25, 0.3) is 10.9 Å². The van der Waals surface area contributed by atoms with Crippen molar-refractivity contribution in [3.8, 4) is 0 Å². The first-order valence-electron chi connectivity index (χ1n) is 9.40. The quantitative estimate of drug-likeness (QED) is 0.359. The van der Waals surface area contributed by atoms with Crippen LogP contribution >= 0.6 is 0 Å². The molecule has 0 atom stereocenters. The average molecular weight is 422 g/mol. The number of nitro benzene ring substituents is 1. The van der Waals surface area contributed by atoms with E-state index >= 15 is 0 Å². The van der Waals surface area contributed by atoms with Gasteiger partial charge in [-0.15, -0.1) is 0 Å². The van der Waals surface area contributed by atoms with Crippen LogP contribution < -0.4 is 0 Å². The van der Waals surface area contributed by atoms with Gasteiger partial charge >= 0.3 is 6.09 Å². The number of non-ortho nitro benzene ring substituents is 1. The molecule has 0 saturated heterocycles. The smallest absolute Gasteiger partial charge is 0.435 e. The lowest BCUT2D eigenvalue weighted by molar-refractivity contribution is -0.384. The highest BCUT2D eigenvalue weighted by molar-refractivity contribution is 6.21. The number of aromatic nitrogens is 2. The molecule has 0 spiro atoms. The highest BCUT2D eigenvalue weighted by Gasteiger charge is 2.36. The normalized spacial score (nSPS) is 13.6. The third-order valence-corrected chi connectivity index (χ3v) is 4.74. The van der Waals surface area contributed by atoms with Crippen LogP contribution in [0.5, 0.6) is 0 Å². The summed E-state index contributed by atoms with van der Waals surface area (Å²) in [4.78, 5) is 49.8. The van der Waals surface area contributed by atoms with Crippen molar-refractivity contribution in [2.75, 3.05) is 0 Å². The zero-order valence-electron chi connectivity index (χ0n) is 17.0. The third kappa shape index (κ3) is 3.52. The zero-order valence-corrected chi connectivity index (χ0v) is 17.0. The number of amides is 2. The van der Waals surface area contributed by atoms with E-state index in [-0.39, 0.29) is 28.9 Å². The molecule has 0 fully saturated rings. The standard InChI is InChI=1S/C21H18N4O6/c1-21(2,3)31-20(28)24-17-9-13(25(29)30)8-12(16(17)10-22-24)11-23-18(26)14-6-4-5-7-15(14)19(23)27/h4-10H,11H2,1-3H3. The number of benzene rings is 2. The van der Waals surface area contributed by atoms with Crippen molar-refractivity contribution < 1.29 is 24.0 Å². The van der Waals surface area contributed by atoms with Gasteiger partial charge in [0.05, 0.1) is 34.3 Å². The summed E-state index contributed by atoms with van der Waals surface area (Å²) in [5.74, 6) is -0.973. The summed E-state index contributed by atoms with van der Waals surface area (Å²) in [6.07, 6.45) is 0.561. The van der Waals surface area contributed by atoms with E-state index in [1.165, 1.54) is 18.3 Å². The summed E-state index contributed by atoms with van der Waals surface area (Å²) in [7, 11) is 0. The van der Waals surface area contributed by atoms with Gasteiger partial charge in [-0.3, -0.25) is 24.6 Å². The first-order chi connectivity index (χ1) is 14.6. The molecule has 0 radical (unpaired) electrons. The Kier molecular flexibility index (Phi) is 4.57. The molecule has 2 amide bonds. The summed E-state index contributed by atoms with van der Waals surface area (Å²) in [5.41, 5.74) is -0.0794. The van der Waals surface area contributed by atoms with Crippen LogP contribution in [-0.2, 0) is 11.3 Å². The molecule has 2 aromatic carbocycles. The second-order valence-electron chi connectivity index (χ2n) is 8.07. The van der Waals surface area contributed by atoms with Gasteiger partial charge in [-0.25, -0.2) is 4.79 Å². The van der Waals surface area contributed by atoms with Gasteiger partial charge in [0, 0.05) is 17.5 Å². The van der Waals surface area contributed by atoms with Crippen LogP contribution in [0.15, 0.2) is 42.6 Å². The van der Waals surface area contributed by atoms with E-state index in [0.29, 0.717) is 10.9 Å². The van der Waals surface area contributed by atoms with E-state index in [4.69, 9.17) is 4.74 Å². The molecule has 2 heterocycles. The van der Waals surface area contributed by atoms with E-state index in [2.05, 4.69) is 5.10 Å². The summed E-state index contributed by atoms with van der Waals surface area (Å²) in [5, 5.41) is 15.9. The minimum absolute atomic E-state index is 0.148. The van der Waals surface area contributed by atoms with Crippen LogP contribution in [0.3, 0.4) is 0 Å². The lowest BCUT2D eigenvalue weighted by atomic mass is 10.1. The number of nitro groups is 1. The lowest BCUT2D eigenvalue weighted by Crippen LogP contribution is -2.29. The second kappa shape index (κ2) is 7.01. The molecule has 0 bridgehead atoms. The Morgan fingerprint density at radius 2 is 1.74 bits per heavy atom.